The zero-order valence-corrected chi connectivity index (χ0v) is 13.2. The maximum Gasteiger partial charge on any atom is 0.354 e. The van der Waals surface area contributed by atoms with Crippen molar-refractivity contribution >= 4 is 33.5 Å². The van der Waals surface area contributed by atoms with Crippen molar-refractivity contribution < 1.29 is 14.8 Å². The number of fused-ring (bicyclic) bond motifs is 2. The van der Waals surface area contributed by atoms with Gasteiger partial charge in [0.25, 0.3) is 0 Å². The second-order valence-electron chi connectivity index (χ2n) is 5.07. The summed E-state index contributed by atoms with van der Waals surface area (Å²) in [7, 11) is 0. The summed E-state index contributed by atoms with van der Waals surface area (Å²) < 4.78 is 4.92. The van der Waals surface area contributed by atoms with E-state index in [1.54, 1.807) is 6.92 Å². The fraction of sp³-hybridized carbons (Fsp3) is 0.105. The van der Waals surface area contributed by atoms with Crippen molar-refractivity contribution in [3.05, 3.63) is 60.3 Å². The number of esters is 1. The van der Waals surface area contributed by atoms with Gasteiger partial charge in [-0.25, -0.2) is 9.78 Å². The molecule has 0 amide bonds. The average Bonchev–Trinajstić information content (AvgIpc) is 2.61. The summed E-state index contributed by atoms with van der Waals surface area (Å²) in [5.41, 5.74) is 2.56. The maximum atomic E-state index is 11.8. The molecule has 5 heteroatoms. The highest BCUT2D eigenvalue weighted by Gasteiger charge is 2.14. The van der Waals surface area contributed by atoms with Gasteiger partial charge in [-0.15, -0.1) is 0 Å². The lowest BCUT2D eigenvalue weighted by Crippen LogP contribution is -2.21. The van der Waals surface area contributed by atoms with Crippen LogP contribution in [0.15, 0.2) is 60.3 Å². The van der Waals surface area contributed by atoms with E-state index >= 15 is 0 Å². The summed E-state index contributed by atoms with van der Waals surface area (Å²) in [4.78, 5) is 16.4. The van der Waals surface area contributed by atoms with E-state index in [0.717, 1.165) is 27.5 Å². The number of rotatable bonds is 4. The third-order valence-corrected chi connectivity index (χ3v) is 3.58. The third-order valence-electron chi connectivity index (χ3n) is 3.58. The van der Waals surface area contributed by atoms with Crippen molar-refractivity contribution in [2.45, 2.75) is 6.92 Å². The maximum absolute atomic E-state index is 11.8. The summed E-state index contributed by atoms with van der Waals surface area (Å²) in [5, 5.41) is 12.3. The quantitative estimate of drug-likeness (QED) is 0.334. The van der Waals surface area contributed by atoms with Gasteiger partial charge in [-0.3, -0.25) is 0 Å². The van der Waals surface area contributed by atoms with Crippen LogP contribution < -0.4 is 10.6 Å². The van der Waals surface area contributed by atoms with E-state index in [0.29, 0.717) is 0 Å². The summed E-state index contributed by atoms with van der Waals surface area (Å²) in [6.45, 7) is 1.97. The van der Waals surface area contributed by atoms with Crippen LogP contribution in [0.25, 0.3) is 21.8 Å². The largest absolute Gasteiger partial charge is 0.462 e. The number of ether oxygens (including phenoxy) is 1. The van der Waals surface area contributed by atoms with Crippen molar-refractivity contribution in [3.8, 4) is 6.07 Å². The molecule has 0 spiro atoms. The topological polar surface area (TPSA) is 75.0 Å². The number of nitrogens with one attached hydrogen (secondary N) is 2. The zero-order chi connectivity index (χ0) is 16.9. The number of para-hydroxylation sites is 2. The van der Waals surface area contributed by atoms with Crippen LogP contribution in [0.5, 0.6) is 0 Å². The SMILES string of the molecule is CCOC(=O)/C(C#[NH+])=C/Nc1c2ccccc2nc2ccccc12. The van der Waals surface area contributed by atoms with Gasteiger partial charge in [0.05, 0.1) is 23.3 Å². The number of anilines is 1. The predicted molar refractivity (Wildman–Crippen MR) is 92.4 cm³/mol. The fourth-order valence-electron chi connectivity index (χ4n) is 2.49. The number of carbonyl (C=O) groups is 1. The van der Waals surface area contributed by atoms with E-state index in [9.17, 15) is 4.79 Å². The molecule has 0 aliphatic rings. The number of hydrogen-bond acceptors (Lipinski definition) is 4. The Morgan fingerprint density at radius 2 is 1.75 bits per heavy atom. The Morgan fingerprint density at radius 1 is 1.17 bits per heavy atom. The summed E-state index contributed by atoms with van der Waals surface area (Å²) in [5.74, 6) is -0.581. The molecule has 118 valence electrons. The van der Waals surface area contributed by atoms with Gasteiger partial charge in [0.1, 0.15) is 0 Å². The van der Waals surface area contributed by atoms with Crippen molar-refractivity contribution in [1.29, 1.82) is 0 Å². The lowest BCUT2D eigenvalue weighted by Gasteiger charge is -2.10. The molecule has 0 bridgehead atoms. The molecule has 0 fully saturated rings. The first-order valence-electron chi connectivity index (χ1n) is 7.58. The van der Waals surface area contributed by atoms with Crippen molar-refractivity contribution in [2.24, 2.45) is 0 Å². The fourth-order valence-corrected chi connectivity index (χ4v) is 2.49. The molecule has 3 aromatic rings. The molecule has 0 aliphatic carbocycles. The molecule has 2 N–H and O–H groups in total. The van der Waals surface area contributed by atoms with E-state index in [1.807, 2.05) is 48.5 Å². The zero-order valence-electron chi connectivity index (χ0n) is 13.2. The Hall–Kier alpha value is -3.39. The molecular formula is C19H16N3O2+. The van der Waals surface area contributed by atoms with Gasteiger partial charge in [0, 0.05) is 17.0 Å². The van der Waals surface area contributed by atoms with Crippen LogP contribution in [0.2, 0.25) is 0 Å². The number of carbonyl (C=O) groups excluding carboxylic acids is 1. The number of nitrogens with zero attached hydrogens (tertiary/aromatic N) is 1. The normalized spacial score (nSPS) is 11.2. The summed E-state index contributed by atoms with van der Waals surface area (Å²) in [6, 6.07) is 17.6. The molecule has 0 unspecified atom stereocenters. The number of benzene rings is 2. The standard InChI is InChI=1S/C19H15N3O2/c1-2-24-19(23)13(11-20)12-21-18-14-7-3-5-9-16(14)22-17-10-6-4-8-15(17)18/h3-10,12H,2H2,1H3,(H,21,22)/p+1/b13-12+. The smallest absolute Gasteiger partial charge is 0.354 e. The number of hydrogen-bond donors (Lipinski definition) is 2. The van der Waals surface area contributed by atoms with Crippen LogP contribution in [0, 0.1) is 6.07 Å². The van der Waals surface area contributed by atoms with Gasteiger partial charge in [-0.05, 0) is 19.1 Å². The molecule has 0 atom stereocenters. The number of aromatic nitrogens is 1. The van der Waals surface area contributed by atoms with Crippen molar-refractivity contribution in [1.82, 2.24) is 4.98 Å². The van der Waals surface area contributed by atoms with Crippen LogP contribution >= 0.6 is 0 Å². The Balaban J connectivity index is 2.13. The minimum absolute atomic E-state index is 0.0295. The highest BCUT2D eigenvalue weighted by Crippen LogP contribution is 2.30. The van der Waals surface area contributed by atoms with E-state index in [2.05, 4.69) is 16.4 Å². The van der Waals surface area contributed by atoms with Gasteiger partial charge in [-0.2, -0.15) is 0 Å². The highest BCUT2D eigenvalue weighted by molar-refractivity contribution is 6.08. The van der Waals surface area contributed by atoms with E-state index in [1.165, 1.54) is 6.20 Å². The minimum atomic E-state index is -0.581. The number of pyridine rings is 1. The molecule has 0 saturated carbocycles. The lowest BCUT2D eigenvalue weighted by atomic mass is 10.1. The Labute approximate surface area is 139 Å². The van der Waals surface area contributed by atoms with E-state index in [-0.39, 0.29) is 12.2 Å². The molecule has 2 aromatic carbocycles. The van der Waals surface area contributed by atoms with Gasteiger partial charge >= 0.3 is 12.0 Å². The van der Waals surface area contributed by atoms with Gasteiger partial charge < -0.3 is 10.1 Å². The second kappa shape index (κ2) is 6.80. The van der Waals surface area contributed by atoms with Crippen LogP contribution in [-0.4, -0.2) is 17.6 Å². The van der Waals surface area contributed by atoms with Crippen molar-refractivity contribution in [2.75, 3.05) is 11.9 Å². The molecular weight excluding hydrogens is 302 g/mol. The molecule has 24 heavy (non-hydrogen) atoms. The van der Waals surface area contributed by atoms with Gasteiger partial charge in [0.15, 0.2) is 0 Å². The molecule has 1 aromatic heterocycles. The minimum Gasteiger partial charge on any atom is -0.462 e. The lowest BCUT2D eigenvalue weighted by molar-refractivity contribution is -0.139. The summed E-state index contributed by atoms with van der Waals surface area (Å²) >= 11 is 0. The van der Waals surface area contributed by atoms with E-state index < -0.39 is 5.97 Å². The second-order valence-corrected chi connectivity index (χ2v) is 5.07. The first-order chi connectivity index (χ1) is 11.7. The van der Waals surface area contributed by atoms with Crippen LogP contribution in [0.3, 0.4) is 0 Å². The summed E-state index contributed by atoms with van der Waals surface area (Å²) in [6.07, 6.45) is 1.44. The van der Waals surface area contributed by atoms with Crippen LogP contribution in [0.1, 0.15) is 6.92 Å². The molecule has 5 nitrogen and oxygen atoms in total. The highest BCUT2D eigenvalue weighted by atomic mass is 16.5. The van der Waals surface area contributed by atoms with E-state index in [4.69, 9.17) is 10.00 Å². The average molecular weight is 318 g/mol. The first kappa shape index (κ1) is 15.5. The Kier molecular flexibility index (Phi) is 4.39. The molecule has 1 heterocycles. The Morgan fingerprint density at radius 3 is 2.29 bits per heavy atom. The molecule has 0 radical (unpaired) electrons. The molecule has 0 aliphatic heterocycles. The van der Waals surface area contributed by atoms with Crippen molar-refractivity contribution in [3.63, 3.8) is 0 Å². The predicted octanol–water partition coefficient (Wildman–Crippen LogP) is 2.02. The van der Waals surface area contributed by atoms with Crippen LogP contribution in [-0.2, 0) is 9.53 Å². The Bertz CT molecular complexity index is 933. The van der Waals surface area contributed by atoms with Gasteiger partial charge in [-0.1, -0.05) is 41.7 Å². The molecule has 3 rings (SSSR count). The van der Waals surface area contributed by atoms with Gasteiger partial charge in [0.2, 0.25) is 5.57 Å². The monoisotopic (exact) mass is 318 g/mol. The third kappa shape index (κ3) is 2.90. The van der Waals surface area contributed by atoms with Crippen LogP contribution in [0.4, 0.5) is 5.69 Å². The molecule has 0 saturated heterocycles. The first-order valence-corrected chi connectivity index (χ1v) is 7.58.